The molecular weight excluding hydrogens is 357 g/mol. The van der Waals surface area contributed by atoms with Crippen molar-refractivity contribution in [3.05, 3.63) is 65.0 Å². The lowest BCUT2D eigenvalue weighted by atomic mass is 10.1. The number of hydrogen-bond acceptors (Lipinski definition) is 3. The third-order valence-corrected chi connectivity index (χ3v) is 4.76. The average Bonchev–Trinajstić information content (AvgIpc) is 3.22. The third kappa shape index (κ3) is 5.96. The van der Waals surface area contributed by atoms with Crippen LogP contribution in [0.4, 0.5) is 4.39 Å². The first-order chi connectivity index (χ1) is 13.6. The fraction of sp³-hybridized carbons (Fsp3) is 0.409. The maximum atomic E-state index is 13.0. The minimum atomic E-state index is -0.234. The molecule has 28 heavy (non-hydrogen) atoms. The Morgan fingerprint density at radius 3 is 2.68 bits per heavy atom. The Morgan fingerprint density at radius 1 is 1.18 bits per heavy atom. The van der Waals surface area contributed by atoms with Gasteiger partial charge in [-0.05, 0) is 42.7 Å². The molecule has 2 aromatic rings. The Labute approximate surface area is 166 Å². The summed E-state index contributed by atoms with van der Waals surface area (Å²) in [5.41, 5.74) is 3.23. The van der Waals surface area contributed by atoms with E-state index in [0.29, 0.717) is 31.6 Å². The first-order valence-corrected chi connectivity index (χ1v) is 9.63. The third-order valence-electron chi connectivity index (χ3n) is 4.76. The van der Waals surface area contributed by atoms with Gasteiger partial charge in [0.2, 0.25) is 0 Å². The van der Waals surface area contributed by atoms with Crippen LogP contribution in [0.1, 0.15) is 23.1 Å². The zero-order chi connectivity index (χ0) is 19.8. The summed E-state index contributed by atoms with van der Waals surface area (Å²) < 4.78 is 24.5. The van der Waals surface area contributed by atoms with Gasteiger partial charge < -0.3 is 20.1 Å². The minimum absolute atomic E-state index is 0.234. The number of guanidine groups is 1. The average molecular weight is 385 g/mol. The van der Waals surface area contributed by atoms with E-state index in [9.17, 15) is 4.39 Å². The summed E-state index contributed by atoms with van der Waals surface area (Å²) in [7, 11) is 1.73. The molecule has 0 bridgehead atoms. The van der Waals surface area contributed by atoms with Gasteiger partial charge in [0.15, 0.2) is 5.96 Å². The number of hydrogen-bond donors (Lipinski definition) is 2. The normalized spacial score (nSPS) is 16.8. The van der Waals surface area contributed by atoms with E-state index in [-0.39, 0.29) is 5.82 Å². The van der Waals surface area contributed by atoms with Crippen LogP contribution in [-0.4, -0.2) is 32.8 Å². The fourth-order valence-corrected chi connectivity index (χ4v) is 3.05. The highest BCUT2D eigenvalue weighted by molar-refractivity contribution is 5.79. The number of benzene rings is 2. The fourth-order valence-electron chi connectivity index (χ4n) is 3.05. The molecule has 1 unspecified atom stereocenters. The molecule has 150 valence electrons. The van der Waals surface area contributed by atoms with Gasteiger partial charge in [0.1, 0.15) is 11.6 Å². The number of aliphatic imine (C=N–C) groups is 1. The largest absolute Gasteiger partial charge is 0.493 e. The topological polar surface area (TPSA) is 54.9 Å². The lowest BCUT2D eigenvalue weighted by Crippen LogP contribution is -2.36. The van der Waals surface area contributed by atoms with Crippen molar-refractivity contribution in [3.8, 4) is 5.75 Å². The number of aryl methyl sites for hydroxylation is 1. The Morgan fingerprint density at radius 2 is 1.96 bits per heavy atom. The van der Waals surface area contributed by atoms with E-state index in [1.807, 2.05) is 0 Å². The van der Waals surface area contributed by atoms with Crippen LogP contribution in [0, 0.1) is 18.7 Å². The molecule has 0 saturated carbocycles. The quantitative estimate of drug-likeness (QED) is 0.567. The van der Waals surface area contributed by atoms with Gasteiger partial charge in [-0.25, -0.2) is 4.39 Å². The van der Waals surface area contributed by atoms with Crippen molar-refractivity contribution in [2.75, 3.05) is 26.9 Å². The molecule has 1 heterocycles. The van der Waals surface area contributed by atoms with E-state index in [1.165, 1.54) is 17.7 Å². The minimum Gasteiger partial charge on any atom is -0.493 e. The molecule has 1 aliphatic rings. The van der Waals surface area contributed by atoms with Gasteiger partial charge in [-0.15, -0.1) is 0 Å². The molecule has 2 aromatic carbocycles. The number of rotatable bonds is 7. The van der Waals surface area contributed by atoms with Gasteiger partial charge in [0, 0.05) is 38.2 Å². The lowest BCUT2D eigenvalue weighted by Gasteiger charge is -2.17. The molecule has 0 aromatic heterocycles. The molecule has 3 rings (SSSR count). The smallest absolute Gasteiger partial charge is 0.191 e. The number of ether oxygens (including phenoxy) is 2. The summed E-state index contributed by atoms with van der Waals surface area (Å²) in [5, 5.41) is 6.56. The molecule has 1 aliphatic heterocycles. The van der Waals surface area contributed by atoms with Crippen LogP contribution in [0.15, 0.2) is 47.5 Å². The Kier molecular flexibility index (Phi) is 7.25. The monoisotopic (exact) mass is 385 g/mol. The van der Waals surface area contributed by atoms with Gasteiger partial charge >= 0.3 is 0 Å². The SMILES string of the molecule is CN=C(NCc1ccc(F)cc1)NCc1ccc(C)cc1OCC1CCOC1. The first-order valence-electron chi connectivity index (χ1n) is 9.63. The van der Waals surface area contributed by atoms with E-state index in [0.717, 1.165) is 36.5 Å². The zero-order valence-corrected chi connectivity index (χ0v) is 16.5. The van der Waals surface area contributed by atoms with Gasteiger partial charge in [-0.3, -0.25) is 4.99 Å². The van der Waals surface area contributed by atoms with Crippen LogP contribution >= 0.6 is 0 Å². The molecule has 5 nitrogen and oxygen atoms in total. The predicted octanol–water partition coefficient (Wildman–Crippen LogP) is 3.41. The van der Waals surface area contributed by atoms with Crippen LogP contribution in [0.3, 0.4) is 0 Å². The van der Waals surface area contributed by atoms with Crippen molar-refractivity contribution in [1.29, 1.82) is 0 Å². The summed E-state index contributed by atoms with van der Waals surface area (Å²) in [6.45, 7) is 5.50. The van der Waals surface area contributed by atoms with Gasteiger partial charge in [0.25, 0.3) is 0 Å². The van der Waals surface area contributed by atoms with Crippen molar-refractivity contribution in [3.63, 3.8) is 0 Å². The van der Waals surface area contributed by atoms with E-state index in [2.05, 4.69) is 40.7 Å². The number of nitrogens with zero attached hydrogens (tertiary/aromatic N) is 1. The van der Waals surface area contributed by atoms with Gasteiger partial charge in [-0.1, -0.05) is 24.3 Å². The maximum absolute atomic E-state index is 13.0. The van der Waals surface area contributed by atoms with Crippen LogP contribution in [0.2, 0.25) is 0 Å². The molecule has 0 aliphatic carbocycles. The van der Waals surface area contributed by atoms with Crippen LogP contribution < -0.4 is 15.4 Å². The van der Waals surface area contributed by atoms with E-state index in [1.54, 1.807) is 19.2 Å². The van der Waals surface area contributed by atoms with Crippen molar-refractivity contribution in [1.82, 2.24) is 10.6 Å². The van der Waals surface area contributed by atoms with Crippen LogP contribution in [0.25, 0.3) is 0 Å². The number of halogens is 1. The van der Waals surface area contributed by atoms with Crippen LogP contribution in [0.5, 0.6) is 5.75 Å². The Bertz CT molecular complexity index is 787. The zero-order valence-electron chi connectivity index (χ0n) is 16.5. The molecule has 0 radical (unpaired) electrons. The molecule has 1 atom stereocenters. The highest BCUT2D eigenvalue weighted by Gasteiger charge is 2.17. The predicted molar refractivity (Wildman–Crippen MR) is 109 cm³/mol. The van der Waals surface area contributed by atoms with E-state index >= 15 is 0 Å². The summed E-state index contributed by atoms with van der Waals surface area (Å²) in [6.07, 6.45) is 1.05. The van der Waals surface area contributed by atoms with Crippen molar-refractivity contribution in [2.24, 2.45) is 10.9 Å². The Hall–Kier alpha value is -2.60. The second-order valence-corrected chi connectivity index (χ2v) is 7.06. The molecule has 0 amide bonds. The maximum Gasteiger partial charge on any atom is 0.191 e. The van der Waals surface area contributed by atoms with Crippen molar-refractivity contribution < 1.29 is 13.9 Å². The number of nitrogens with one attached hydrogen (secondary N) is 2. The molecular formula is C22H28FN3O2. The molecule has 2 N–H and O–H groups in total. The highest BCUT2D eigenvalue weighted by Crippen LogP contribution is 2.22. The summed E-state index contributed by atoms with van der Waals surface area (Å²) in [4.78, 5) is 4.25. The second-order valence-electron chi connectivity index (χ2n) is 7.06. The molecule has 6 heteroatoms. The van der Waals surface area contributed by atoms with E-state index in [4.69, 9.17) is 9.47 Å². The molecule has 1 fully saturated rings. The van der Waals surface area contributed by atoms with E-state index < -0.39 is 0 Å². The standard InChI is InChI=1S/C22H28FN3O2/c1-16-3-6-19(21(11-16)28-15-18-9-10-27-14-18)13-26-22(24-2)25-12-17-4-7-20(23)8-5-17/h3-8,11,18H,9-10,12-15H2,1-2H3,(H2,24,25,26). The lowest BCUT2D eigenvalue weighted by molar-refractivity contribution is 0.166. The second kappa shape index (κ2) is 10.1. The highest BCUT2D eigenvalue weighted by atomic mass is 19.1. The van der Waals surface area contributed by atoms with Gasteiger partial charge in [-0.2, -0.15) is 0 Å². The van der Waals surface area contributed by atoms with Gasteiger partial charge in [0.05, 0.1) is 13.2 Å². The van der Waals surface area contributed by atoms with Crippen molar-refractivity contribution in [2.45, 2.75) is 26.4 Å². The summed E-state index contributed by atoms with van der Waals surface area (Å²) in [5.74, 6) is 1.81. The molecule has 0 spiro atoms. The van der Waals surface area contributed by atoms with Crippen molar-refractivity contribution >= 4 is 5.96 Å². The Balaban J connectivity index is 1.54. The molecule has 1 saturated heterocycles. The summed E-state index contributed by atoms with van der Waals surface area (Å²) in [6, 6.07) is 12.7. The van der Waals surface area contributed by atoms with Crippen LogP contribution in [-0.2, 0) is 17.8 Å². The summed E-state index contributed by atoms with van der Waals surface area (Å²) >= 11 is 0. The first kappa shape index (κ1) is 20.1.